The van der Waals surface area contributed by atoms with Crippen LogP contribution >= 0.6 is 0 Å². The second-order valence-corrected chi connectivity index (χ2v) is 3.65. The third-order valence-electron chi connectivity index (χ3n) is 2.15. The lowest BCUT2D eigenvalue weighted by molar-refractivity contribution is -0.137. The molecule has 0 unspecified atom stereocenters. The molecule has 1 aromatic rings. The largest absolute Gasteiger partial charge is 0.481 e. The van der Waals surface area contributed by atoms with Crippen LogP contribution in [0.4, 0.5) is 0 Å². The van der Waals surface area contributed by atoms with Gasteiger partial charge in [-0.05, 0) is 13.3 Å². The van der Waals surface area contributed by atoms with E-state index in [1.165, 1.54) is 12.3 Å². The van der Waals surface area contributed by atoms with Crippen molar-refractivity contribution in [3.63, 3.8) is 0 Å². The molecule has 0 aliphatic carbocycles. The van der Waals surface area contributed by atoms with Crippen LogP contribution in [0, 0.1) is 6.92 Å². The highest BCUT2D eigenvalue weighted by Crippen LogP contribution is 1.93. The normalized spacial score (nSPS) is 9.94. The minimum atomic E-state index is -0.910. The number of pyridine rings is 1. The van der Waals surface area contributed by atoms with E-state index in [4.69, 9.17) is 5.11 Å². The van der Waals surface area contributed by atoms with Gasteiger partial charge in [-0.1, -0.05) is 0 Å². The fourth-order valence-electron chi connectivity index (χ4n) is 1.29. The Hall–Kier alpha value is -2.11. The van der Waals surface area contributed by atoms with Crippen molar-refractivity contribution in [3.05, 3.63) is 33.7 Å². The molecule has 6 nitrogen and oxygen atoms in total. The van der Waals surface area contributed by atoms with Crippen LogP contribution in [-0.2, 0) is 4.79 Å². The Bertz CT molecular complexity index is 479. The molecule has 1 heterocycles. The zero-order chi connectivity index (χ0) is 12.8. The molecular weight excluding hydrogens is 224 g/mol. The molecule has 0 saturated carbocycles. The quantitative estimate of drug-likeness (QED) is 0.641. The molecule has 0 radical (unpaired) electrons. The maximum atomic E-state index is 11.5. The van der Waals surface area contributed by atoms with Gasteiger partial charge in [0.1, 0.15) is 5.56 Å². The van der Waals surface area contributed by atoms with Gasteiger partial charge in [0.15, 0.2) is 5.43 Å². The van der Waals surface area contributed by atoms with Gasteiger partial charge in [0.25, 0.3) is 5.91 Å². The van der Waals surface area contributed by atoms with Crippen molar-refractivity contribution in [1.82, 2.24) is 10.3 Å². The number of aromatic nitrogens is 1. The van der Waals surface area contributed by atoms with Gasteiger partial charge < -0.3 is 15.4 Å². The molecule has 1 aromatic heterocycles. The molecule has 92 valence electrons. The van der Waals surface area contributed by atoms with Gasteiger partial charge in [0, 0.05) is 30.9 Å². The van der Waals surface area contributed by atoms with E-state index in [-0.39, 0.29) is 24.0 Å². The fourth-order valence-corrected chi connectivity index (χ4v) is 1.29. The molecule has 3 N–H and O–H groups in total. The third-order valence-corrected chi connectivity index (χ3v) is 2.15. The summed E-state index contributed by atoms with van der Waals surface area (Å²) < 4.78 is 0. The number of aryl methyl sites for hydroxylation is 1. The lowest BCUT2D eigenvalue weighted by atomic mass is 10.2. The molecule has 0 saturated heterocycles. The first-order chi connectivity index (χ1) is 8.00. The van der Waals surface area contributed by atoms with Crippen LogP contribution in [0.2, 0.25) is 0 Å². The molecule has 6 heteroatoms. The Morgan fingerprint density at radius 2 is 2.18 bits per heavy atom. The van der Waals surface area contributed by atoms with Crippen LogP contribution in [0.15, 0.2) is 17.1 Å². The van der Waals surface area contributed by atoms with E-state index in [1.807, 2.05) is 0 Å². The van der Waals surface area contributed by atoms with E-state index in [9.17, 15) is 14.4 Å². The first-order valence-electron chi connectivity index (χ1n) is 5.20. The molecule has 0 atom stereocenters. The van der Waals surface area contributed by atoms with Crippen LogP contribution in [0.3, 0.4) is 0 Å². The number of carbonyl (C=O) groups is 2. The second kappa shape index (κ2) is 5.83. The van der Waals surface area contributed by atoms with E-state index in [0.717, 1.165) is 0 Å². The number of H-pyrrole nitrogens is 1. The van der Waals surface area contributed by atoms with Crippen LogP contribution < -0.4 is 10.7 Å². The number of carboxylic acid groups (broad SMARTS) is 1. The van der Waals surface area contributed by atoms with Gasteiger partial charge in [0.05, 0.1) is 0 Å². The Labute approximate surface area is 97.7 Å². The first kappa shape index (κ1) is 13.0. The number of carboxylic acids is 1. The predicted octanol–water partition coefficient (Wildman–Crippen LogP) is 0.278. The smallest absolute Gasteiger partial charge is 0.303 e. The van der Waals surface area contributed by atoms with Gasteiger partial charge in [-0.2, -0.15) is 0 Å². The Morgan fingerprint density at radius 1 is 1.47 bits per heavy atom. The van der Waals surface area contributed by atoms with Crippen LogP contribution in [0.25, 0.3) is 0 Å². The number of hydrogen-bond donors (Lipinski definition) is 3. The second-order valence-electron chi connectivity index (χ2n) is 3.65. The Balaban J connectivity index is 2.53. The summed E-state index contributed by atoms with van der Waals surface area (Å²) in [5, 5.41) is 10.9. The van der Waals surface area contributed by atoms with Crippen molar-refractivity contribution in [3.8, 4) is 0 Å². The molecule has 0 aromatic carbocycles. The summed E-state index contributed by atoms with van der Waals surface area (Å²) in [4.78, 5) is 36.0. The predicted molar refractivity (Wildman–Crippen MR) is 61.0 cm³/mol. The molecule has 0 fully saturated rings. The Kier molecular flexibility index (Phi) is 4.45. The lowest BCUT2D eigenvalue weighted by Crippen LogP contribution is -2.29. The SMILES string of the molecule is Cc1cc(=O)c(C(=O)NCCCC(=O)O)c[nH]1. The monoisotopic (exact) mass is 238 g/mol. The molecule has 1 rings (SSSR count). The summed E-state index contributed by atoms with van der Waals surface area (Å²) in [6, 6.07) is 1.34. The zero-order valence-electron chi connectivity index (χ0n) is 9.45. The van der Waals surface area contributed by atoms with Crippen molar-refractivity contribution in [1.29, 1.82) is 0 Å². The van der Waals surface area contributed by atoms with Crippen molar-refractivity contribution >= 4 is 11.9 Å². The average Bonchev–Trinajstić information content (AvgIpc) is 2.23. The van der Waals surface area contributed by atoms with Gasteiger partial charge in [-0.15, -0.1) is 0 Å². The highest BCUT2D eigenvalue weighted by Gasteiger charge is 2.09. The van der Waals surface area contributed by atoms with E-state index < -0.39 is 11.9 Å². The standard InChI is InChI=1S/C11H14N2O4/c1-7-5-9(14)8(6-13-7)11(17)12-4-2-3-10(15)16/h5-6H,2-4H2,1H3,(H,12,17)(H,13,14)(H,15,16). The molecule has 0 aliphatic heterocycles. The molecule has 0 spiro atoms. The molecule has 0 aliphatic rings. The maximum Gasteiger partial charge on any atom is 0.303 e. The van der Waals surface area contributed by atoms with Gasteiger partial charge in [0.2, 0.25) is 0 Å². The first-order valence-corrected chi connectivity index (χ1v) is 5.20. The van der Waals surface area contributed by atoms with E-state index in [2.05, 4.69) is 10.3 Å². The van der Waals surface area contributed by atoms with Gasteiger partial charge in [-0.3, -0.25) is 14.4 Å². The number of hydrogen-bond acceptors (Lipinski definition) is 3. The van der Waals surface area contributed by atoms with Gasteiger partial charge in [-0.25, -0.2) is 0 Å². The van der Waals surface area contributed by atoms with Crippen molar-refractivity contribution in [2.75, 3.05) is 6.54 Å². The minimum absolute atomic E-state index is 0.00939. The highest BCUT2D eigenvalue weighted by atomic mass is 16.4. The maximum absolute atomic E-state index is 11.5. The number of nitrogens with one attached hydrogen (secondary N) is 2. The number of aliphatic carboxylic acids is 1. The van der Waals surface area contributed by atoms with Crippen molar-refractivity contribution in [2.45, 2.75) is 19.8 Å². The van der Waals surface area contributed by atoms with Crippen LogP contribution in [0.5, 0.6) is 0 Å². The van der Waals surface area contributed by atoms with E-state index >= 15 is 0 Å². The molecule has 1 amide bonds. The molecule has 0 bridgehead atoms. The van der Waals surface area contributed by atoms with E-state index in [0.29, 0.717) is 12.1 Å². The molecular formula is C11H14N2O4. The fraction of sp³-hybridized carbons (Fsp3) is 0.364. The number of amides is 1. The average molecular weight is 238 g/mol. The number of carbonyl (C=O) groups excluding carboxylic acids is 1. The van der Waals surface area contributed by atoms with Gasteiger partial charge >= 0.3 is 5.97 Å². The summed E-state index contributed by atoms with van der Waals surface area (Å²) in [7, 11) is 0. The zero-order valence-corrected chi connectivity index (χ0v) is 9.45. The number of aromatic amines is 1. The summed E-state index contributed by atoms with van der Waals surface area (Å²) in [5.74, 6) is -1.40. The summed E-state index contributed by atoms with van der Waals surface area (Å²) >= 11 is 0. The van der Waals surface area contributed by atoms with Crippen LogP contribution in [0.1, 0.15) is 28.9 Å². The Morgan fingerprint density at radius 3 is 2.76 bits per heavy atom. The third kappa shape index (κ3) is 4.10. The summed E-state index contributed by atoms with van der Waals surface area (Å²) in [5.41, 5.74) is 0.361. The lowest BCUT2D eigenvalue weighted by Gasteiger charge is -2.03. The number of rotatable bonds is 5. The van der Waals surface area contributed by atoms with Crippen LogP contribution in [-0.4, -0.2) is 28.5 Å². The molecule has 17 heavy (non-hydrogen) atoms. The summed E-state index contributed by atoms with van der Waals surface area (Å²) in [6.45, 7) is 1.95. The topological polar surface area (TPSA) is 99.3 Å². The highest BCUT2D eigenvalue weighted by molar-refractivity contribution is 5.93. The minimum Gasteiger partial charge on any atom is -0.481 e. The van der Waals surface area contributed by atoms with Crippen molar-refractivity contribution < 1.29 is 14.7 Å². The van der Waals surface area contributed by atoms with E-state index in [1.54, 1.807) is 6.92 Å². The summed E-state index contributed by atoms with van der Waals surface area (Å²) in [6.07, 6.45) is 1.68. The van der Waals surface area contributed by atoms with Crippen molar-refractivity contribution in [2.24, 2.45) is 0 Å².